The predicted octanol–water partition coefficient (Wildman–Crippen LogP) is -1.36. The van der Waals surface area contributed by atoms with Crippen LogP contribution in [0.25, 0.3) is 6.08 Å². The van der Waals surface area contributed by atoms with Gasteiger partial charge in [-0.25, -0.2) is 13.4 Å². The fourth-order valence-corrected chi connectivity index (χ4v) is 6.85. The van der Waals surface area contributed by atoms with Crippen LogP contribution in [0.15, 0.2) is 35.7 Å². The number of aromatic nitrogens is 1. The van der Waals surface area contributed by atoms with Crippen molar-refractivity contribution in [3.8, 4) is 5.75 Å². The lowest BCUT2D eigenvalue weighted by atomic mass is 9.94. The maximum absolute atomic E-state index is 13.8. The van der Waals surface area contributed by atoms with Gasteiger partial charge in [0.15, 0.2) is 0 Å². The van der Waals surface area contributed by atoms with E-state index in [9.17, 15) is 51.6 Å². The van der Waals surface area contributed by atoms with Crippen molar-refractivity contribution >= 4 is 68.8 Å². The van der Waals surface area contributed by atoms with Crippen molar-refractivity contribution in [2.45, 2.75) is 89.6 Å². The van der Waals surface area contributed by atoms with Gasteiger partial charge in [-0.1, -0.05) is 45.7 Å². The van der Waals surface area contributed by atoms with Gasteiger partial charge in [-0.2, -0.15) is 0 Å². The zero-order valence-electron chi connectivity index (χ0n) is 31.2. The third-order valence-corrected chi connectivity index (χ3v) is 10.4. The molecule has 0 saturated heterocycles. The van der Waals surface area contributed by atoms with Gasteiger partial charge in [0, 0.05) is 18.0 Å². The number of nitrogens with zero attached hydrogens (tertiary/aromatic N) is 1. The van der Waals surface area contributed by atoms with Crippen molar-refractivity contribution in [3.63, 3.8) is 0 Å². The van der Waals surface area contributed by atoms with Gasteiger partial charge in [-0.05, 0) is 49.5 Å². The minimum atomic E-state index is -5.10. The van der Waals surface area contributed by atoms with E-state index in [0.29, 0.717) is 23.4 Å². The first-order valence-corrected chi connectivity index (χ1v) is 20.2. The summed E-state index contributed by atoms with van der Waals surface area (Å²) in [6.07, 6.45) is 2.99. The summed E-state index contributed by atoms with van der Waals surface area (Å²) < 4.78 is 35.1. The Bertz CT molecular complexity index is 1900. The van der Waals surface area contributed by atoms with Crippen molar-refractivity contribution in [2.75, 3.05) is 12.3 Å². The van der Waals surface area contributed by atoms with E-state index in [-0.39, 0.29) is 24.3 Å². The molecule has 0 unspecified atom stereocenters. The van der Waals surface area contributed by atoms with Crippen LogP contribution in [0.5, 0.6) is 5.75 Å². The molecule has 56 heavy (non-hydrogen) atoms. The first-order valence-electron chi connectivity index (χ1n) is 17.8. The molecule has 9 N–H and O–H groups in total. The Hall–Kier alpha value is -5.25. The minimum Gasteiger partial charge on any atom is -0.748 e. The van der Waals surface area contributed by atoms with Gasteiger partial charge in [0.25, 0.3) is 5.91 Å². The summed E-state index contributed by atoms with van der Waals surface area (Å²) >= 11 is 1.07. The number of phenolic OH excluding ortho intramolecular Hbond substituents is 1. The molecule has 0 radical (unpaired) electrons. The average molecular weight is 820 g/mol. The number of nitrogens with two attached hydrogens (primary N) is 1. The predicted molar refractivity (Wildman–Crippen MR) is 202 cm³/mol. The lowest BCUT2D eigenvalue weighted by molar-refractivity contribution is -0.141. The largest absolute Gasteiger partial charge is 0.748 e. The van der Waals surface area contributed by atoms with E-state index in [2.05, 4.69) is 36.9 Å². The van der Waals surface area contributed by atoms with Gasteiger partial charge in [-0.15, -0.1) is 11.3 Å². The number of rotatable bonds is 10. The molecule has 7 atom stereocenters. The molecule has 0 fully saturated rings. The first kappa shape index (κ1) is 45.1. The van der Waals surface area contributed by atoms with Crippen molar-refractivity contribution in [2.24, 2.45) is 11.7 Å². The number of fused-ring (bicyclic) bond motifs is 2. The Morgan fingerprint density at radius 3 is 2.25 bits per heavy atom. The summed E-state index contributed by atoms with van der Waals surface area (Å²) in [5.41, 5.74) is 6.50. The number of carbonyl (C=O) groups excluding carboxylic acids is 7. The normalized spacial score (nSPS) is 23.8. The van der Waals surface area contributed by atoms with Crippen LogP contribution < -0.4 is 37.6 Å². The van der Waals surface area contributed by atoms with E-state index in [1.54, 1.807) is 32.9 Å². The highest BCUT2D eigenvalue weighted by molar-refractivity contribution is 7.85. The maximum atomic E-state index is 13.8. The molecule has 0 spiro atoms. The second-order valence-electron chi connectivity index (χ2n) is 13.3. The molecule has 1 aliphatic rings. The van der Waals surface area contributed by atoms with Gasteiger partial charge in [0.1, 0.15) is 28.9 Å². The maximum Gasteiger partial charge on any atom is 0.290 e. The lowest BCUT2D eigenvalue weighted by Gasteiger charge is -2.28. The van der Waals surface area contributed by atoms with Crippen LogP contribution in [0.4, 0.5) is 0 Å². The average Bonchev–Trinajstić information content (AvgIpc) is 3.62. The quantitative estimate of drug-likeness (QED) is 0.102. The molecule has 6 amide bonds. The van der Waals surface area contributed by atoms with Crippen molar-refractivity contribution in [1.82, 2.24) is 36.9 Å². The molecule has 0 aliphatic carbocycles. The van der Waals surface area contributed by atoms with Crippen molar-refractivity contribution in [3.05, 3.63) is 52.0 Å². The number of phenols is 1. The van der Waals surface area contributed by atoms with E-state index in [0.717, 1.165) is 17.4 Å². The zero-order chi connectivity index (χ0) is 41.7. The molecule has 1 aliphatic heterocycles. The summed E-state index contributed by atoms with van der Waals surface area (Å²) in [6.45, 7) is 5.74. The Kier molecular flexibility index (Phi) is 16.6. The Labute approximate surface area is 327 Å². The second kappa shape index (κ2) is 20.6. The highest BCUT2D eigenvalue weighted by atomic mass is 32.2. The number of thiazole rings is 1. The van der Waals surface area contributed by atoms with E-state index in [1.165, 1.54) is 30.5 Å². The van der Waals surface area contributed by atoms with E-state index >= 15 is 0 Å². The number of nitrogens with one attached hydrogen (secondary N) is 6. The molecule has 3 rings (SSSR count). The van der Waals surface area contributed by atoms with Crippen LogP contribution in [0, 0.1) is 5.92 Å². The number of ketones is 1. The van der Waals surface area contributed by atoms with Crippen LogP contribution >= 0.6 is 11.3 Å². The summed E-state index contributed by atoms with van der Waals surface area (Å²) in [7, 11) is -5.10. The third kappa shape index (κ3) is 13.8. The first-order chi connectivity index (χ1) is 26.3. The highest BCUT2D eigenvalue weighted by Gasteiger charge is 2.36. The highest BCUT2D eigenvalue weighted by Crippen LogP contribution is 2.24. The molecule has 2 heterocycles. The van der Waals surface area contributed by atoms with Gasteiger partial charge in [0.05, 0.1) is 39.7 Å². The van der Waals surface area contributed by atoms with Crippen LogP contribution in [-0.4, -0.2) is 107 Å². The number of amides is 6. The Balaban J connectivity index is 2.11. The van der Waals surface area contributed by atoms with Crippen molar-refractivity contribution < 1.29 is 51.6 Å². The molecule has 1 aromatic carbocycles. The second-order valence-corrected chi connectivity index (χ2v) is 15.6. The molecule has 19 nitrogen and oxygen atoms in total. The molecule has 21 heteroatoms. The molecule has 2 aromatic rings. The van der Waals surface area contributed by atoms with Gasteiger partial charge in [-0.3, -0.25) is 33.6 Å². The summed E-state index contributed by atoms with van der Waals surface area (Å²) in [6, 6.07) is -2.16. The Morgan fingerprint density at radius 1 is 0.964 bits per heavy atom. The van der Waals surface area contributed by atoms with E-state index in [4.69, 9.17) is 5.73 Å². The Morgan fingerprint density at radius 2 is 1.64 bits per heavy atom. The fourth-order valence-electron chi connectivity index (χ4n) is 5.37. The minimum absolute atomic E-state index is 0.00171. The summed E-state index contributed by atoms with van der Waals surface area (Å²) in [4.78, 5) is 97.9. The number of benzene rings is 1. The van der Waals surface area contributed by atoms with E-state index < -0.39 is 106 Å². The molecular weight excluding hydrogens is 773 g/mol. The number of aromatic hydroxyl groups is 1. The molecular formula is C35H47N8O11S2-. The smallest absolute Gasteiger partial charge is 0.290 e. The van der Waals surface area contributed by atoms with Crippen molar-refractivity contribution in [1.29, 1.82) is 0 Å². The number of carbonyl (C=O) groups is 7. The number of Topliss-reactive ketones (excluding diaryl/α,β-unsaturated/α-hetero) is 1. The van der Waals surface area contributed by atoms with Crippen LogP contribution in [0.3, 0.4) is 0 Å². The fraction of sp³-hybridized carbons (Fsp3) is 0.486. The summed E-state index contributed by atoms with van der Waals surface area (Å²) in [5, 5.41) is 26.1. The standard InChI is InChI=1S/C35H48N8O11S2/c1-5-7-23-32(49)43-28(18(3)6-2)29(46)34(51)41-24(14-20-8-11-22(44)12-9-20)35-38-21(16-55-35)10-13-27(45)39-26(17-56(52,53)54)31(48)37-15-25(33(50)40-23)42-30(47)19(4)36/h8-13,16,18-19,23-26,28,44H,5-7,14-15,17,36H2,1-4H3,(H,37,48)(H,39,45)(H,40,50)(H,41,51)(H,42,47)(H,43,49)(H,52,53,54)/p-1/b13-10+/t18-,19-,23-,24-,25-,26-,28-/m0/s1. The SMILES string of the molecule is CCC[C@@H]1NC(=O)[C@@H](NC(=O)[C@H](C)N)CNC(=O)[C@H](CS(=O)(=O)[O-])NC(=O)/C=C/c2csc(n2)[C@H](Cc2ccc(O)cc2)NC(=O)C(=O)[C@H]([C@@H](C)CC)NC1=O. The monoisotopic (exact) mass is 819 g/mol. The number of hydrogen-bond acceptors (Lipinski definition) is 14. The van der Waals surface area contributed by atoms with E-state index in [1.807, 2.05) is 0 Å². The summed E-state index contributed by atoms with van der Waals surface area (Å²) in [5.74, 6) is -8.79. The van der Waals surface area contributed by atoms with Gasteiger partial charge >= 0.3 is 0 Å². The van der Waals surface area contributed by atoms with Crippen LogP contribution in [-0.2, 0) is 50.1 Å². The van der Waals surface area contributed by atoms with Gasteiger partial charge < -0.3 is 47.3 Å². The third-order valence-electron chi connectivity index (χ3n) is 8.68. The van der Waals surface area contributed by atoms with Crippen LogP contribution in [0.2, 0.25) is 0 Å². The molecule has 0 saturated carbocycles. The molecule has 2 bridgehead atoms. The number of hydrogen-bond donors (Lipinski definition) is 8. The van der Waals surface area contributed by atoms with Gasteiger partial charge in [0.2, 0.25) is 35.3 Å². The molecule has 306 valence electrons. The van der Waals surface area contributed by atoms with Crippen LogP contribution in [0.1, 0.15) is 69.3 Å². The molecule has 1 aromatic heterocycles. The lowest BCUT2D eigenvalue weighted by Crippen LogP contribution is -2.61. The zero-order valence-corrected chi connectivity index (χ0v) is 32.8. The topological polar surface area (TPSA) is 308 Å².